The van der Waals surface area contributed by atoms with E-state index >= 15 is 0 Å². The standard InChI is InChI=1S/C11H20N4O/c1-3-4-5-10(12)11(16)13-8-9-6-7-14-15(9)2/h6-7,10H,3-5,8,12H2,1-2H3,(H,13,16). The van der Waals surface area contributed by atoms with Crippen LogP contribution in [0, 0.1) is 0 Å². The normalized spacial score (nSPS) is 12.4. The molecule has 5 nitrogen and oxygen atoms in total. The average molecular weight is 224 g/mol. The zero-order valence-corrected chi connectivity index (χ0v) is 9.94. The van der Waals surface area contributed by atoms with Gasteiger partial charge in [-0.15, -0.1) is 0 Å². The molecule has 1 amide bonds. The molecule has 90 valence electrons. The molecule has 0 aliphatic heterocycles. The summed E-state index contributed by atoms with van der Waals surface area (Å²) in [5.74, 6) is -0.0883. The molecule has 1 rings (SSSR count). The number of rotatable bonds is 6. The van der Waals surface area contributed by atoms with E-state index in [1.54, 1.807) is 10.9 Å². The van der Waals surface area contributed by atoms with Gasteiger partial charge in [-0.05, 0) is 12.5 Å². The van der Waals surface area contributed by atoms with Crippen molar-refractivity contribution in [3.63, 3.8) is 0 Å². The Hall–Kier alpha value is -1.36. The lowest BCUT2D eigenvalue weighted by Crippen LogP contribution is -2.40. The maximum absolute atomic E-state index is 11.6. The SMILES string of the molecule is CCCCC(N)C(=O)NCc1ccnn1C. The van der Waals surface area contributed by atoms with Gasteiger partial charge in [0.05, 0.1) is 18.3 Å². The van der Waals surface area contributed by atoms with Crippen LogP contribution in [0.1, 0.15) is 31.9 Å². The van der Waals surface area contributed by atoms with Crippen LogP contribution in [-0.2, 0) is 18.4 Å². The number of nitrogens with two attached hydrogens (primary N) is 1. The molecule has 1 aromatic heterocycles. The molecule has 1 aromatic rings. The lowest BCUT2D eigenvalue weighted by Gasteiger charge is -2.11. The second-order valence-electron chi connectivity index (χ2n) is 3.91. The first kappa shape index (κ1) is 12.7. The number of nitrogens with one attached hydrogen (secondary N) is 1. The third-order valence-electron chi connectivity index (χ3n) is 2.57. The molecule has 3 N–H and O–H groups in total. The minimum Gasteiger partial charge on any atom is -0.349 e. The van der Waals surface area contributed by atoms with Crippen LogP contribution in [0.2, 0.25) is 0 Å². The molecule has 16 heavy (non-hydrogen) atoms. The van der Waals surface area contributed by atoms with Crippen molar-refractivity contribution in [2.45, 2.75) is 38.8 Å². The van der Waals surface area contributed by atoms with Gasteiger partial charge in [0.15, 0.2) is 0 Å². The molecule has 0 radical (unpaired) electrons. The van der Waals surface area contributed by atoms with E-state index in [2.05, 4.69) is 17.3 Å². The van der Waals surface area contributed by atoms with E-state index in [0.717, 1.165) is 25.0 Å². The van der Waals surface area contributed by atoms with Crippen LogP contribution in [0.3, 0.4) is 0 Å². The number of amides is 1. The number of aromatic nitrogens is 2. The molecule has 1 unspecified atom stereocenters. The fraction of sp³-hybridized carbons (Fsp3) is 0.636. The predicted molar refractivity (Wildman–Crippen MR) is 62.6 cm³/mol. The summed E-state index contributed by atoms with van der Waals surface area (Å²) < 4.78 is 1.73. The smallest absolute Gasteiger partial charge is 0.237 e. The Kier molecular flexibility index (Phi) is 4.98. The van der Waals surface area contributed by atoms with E-state index in [9.17, 15) is 4.79 Å². The van der Waals surface area contributed by atoms with Gasteiger partial charge >= 0.3 is 0 Å². The van der Waals surface area contributed by atoms with E-state index in [1.165, 1.54) is 0 Å². The van der Waals surface area contributed by atoms with Crippen molar-refractivity contribution < 1.29 is 4.79 Å². The maximum atomic E-state index is 11.6. The van der Waals surface area contributed by atoms with Gasteiger partial charge in [0.25, 0.3) is 0 Å². The fourth-order valence-corrected chi connectivity index (χ4v) is 1.44. The molecule has 5 heteroatoms. The molecule has 1 heterocycles. The fourth-order valence-electron chi connectivity index (χ4n) is 1.44. The maximum Gasteiger partial charge on any atom is 0.237 e. The number of hydrogen-bond donors (Lipinski definition) is 2. The molecule has 0 aliphatic rings. The highest BCUT2D eigenvalue weighted by Gasteiger charge is 2.12. The number of nitrogens with zero attached hydrogens (tertiary/aromatic N) is 2. The highest BCUT2D eigenvalue weighted by atomic mass is 16.2. The van der Waals surface area contributed by atoms with Crippen molar-refractivity contribution >= 4 is 5.91 Å². The van der Waals surface area contributed by atoms with Crippen molar-refractivity contribution in [2.75, 3.05) is 0 Å². The zero-order chi connectivity index (χ0) is 12.0. The van der Waals surface area contributed by atoms with Crippen LogP contribution < -0.4 is 11.1 Å². The Morgan fingerprint density at radius 3 is 3.00 bits per heavy atom. The average Bonchev–Trinajstić information content (AvgIpc) is 2.68. The van der Waals surface area contributed by atoms with Gasteiger partial charge in [0, 0.05) is 13.2 Å². The first-order chi connectivity index (χ1) is 7.65. The lowest BCUT2D eigenvalue weighted by molar-refractivity contribution is -0.122. The second-order valence-corrected chi connectivity index (χ2v) is 3.91. The molecular formula is C11H20N4O. The summed E-state index contributed by atoms with van der Waals surface area (Å²) in [5, 5.41) is 6.83. The molecule has 0 saturated carbocycles. The Morgan fingerprint density at radius 2 is 2.44 bits per heavy atom. The topological polar surface area (TPSA) is 72.9 Å². The van der Waals surface area contributed by atoms with Gasteiger partial charge in [0.1, 0.15) is 0 Å². The first-order valence-electron chi connectivity index (χ1n) is 5.65. The van der Waals surface area contributed by atoms with Gasteiger partial charge in [-0.3, -0.25) is 9.48 Å². The van der Waals surface area contributed by atoms with Crippen LogP contribution in [0.15, 0.2) is 12.3 Å². The van der Waals surface area contributed by atoms with E-state index in [1.807, 2.05) is 13.1 Å². The minimum absolute atomic E-state index is 0.0883. The van der Waals surface area contributed by atoms with Crippen molar-refractivity contribution in [3.05, 3.63) is 18.0 Å². The van der Waals surface area contributed by atoms with Crippen LogP contribution in [0.5, 0.6) is 0 Å². The molecule has 0 aliphatic carbocycles. The molecule has 0 fully saturated rings. The number of carbonyl (C=O) groups excluding carboxylic acids is 1. The molecular weight excluding hydrogens is 204 g/mol. The summed E-state index contributed by atoms with van der Waals surface area (Å²) in [7, 11) is 1.85. The highest BCUT2D eigenvalue weighted by molar-refractivity contribution is 5.81. The molecule has 0 spiro atoms. The van der Waals surface area contributed by atoms with Crippen molar-refractivity contribution in [1.82, 2.24) is 15.1 Å². The Bertz CT molecular complexity index is 334. The molecule has 1 atom stereocenters. The van der Waals surface area contributed by atoms with E-state index in [4.69, 9.17) is 5.73 Å². The summed E-state index contributed by atoms with van der Waals surface area (Å²) in [5.41, 5.74) is 6.71. The summed E-state index contributed by atoms with van der Waals surface area (Å²) in [6, 6.07) is 1.48. The number of unbranched alkanes of at least 4 members (excludes halogenated alkanes) is 1. The van der Waals surface area contributed by atoms with Gasteiger partial charge in [-0.2, -0.15) is 5.10 Å². The van der Waals surface area contributed by atoms with Crippen molar-refractivity contribution in [1.29, 1.82) is 0 Å². The number of hydrogen-bond acceptors (Lipinski definition) is 3. The summed E-state index contributed by atoms with van der Waals surface area (Å²) >= 11 is 0. The first-order valence-corrected chi connectivity index (χ1v) is 5.65. The Morgan fingerprint density at radius 1 is 1.69 bits per heavy atom. The number of carbonyl (C=O) groups is 1. The predicted octanol–water partition coefficient (Wildman–Crippen LogP) is 0.554. The largest absolute Gasteiger partial charge is 0.349 e. The molecule has 0 bridgehead atoms. The van der Waals surface area contributed by atoms with Crippen molar-refractivity contribution in [3.8, 4) is 0 Å². The summed E-state index contributed by atoms with van der Waals surface area (Å²) in [6.07, 6.45) is 4.50. The third kappa shape index (κ3) is 3.66. The zero-order valence-electron chi connectivity index (χ0n) is 9.94. The highest BCUT2D eigenvalue weighted by Crippen LogP contribution is 1.99. The van der Waals surface area contributed by atoms with Gasteiger partial charge in [-0.1, -0.05) is 19.8 Å². The van der Waals surface area contributed by atoms with Gasteiger partial charge in [-0.25, -0.2) is 0 Å². The van der Waals surface area contributed by atoms with E-state index in [-0.39, 0.29) is 5.91 Å². The Balaban J connectivity index is 2.32. The summed E-state index contributed by atoms with van der Waals surface area (Å²) in [6.45, 7) is 2.56. The quantitative estimate of drug-likeness (QED) is 0.741. The van der Waals surface area contributed by atoms with Crippen LogP contribution >= 0.6 is 0 Å². The third-order valence-corrected chi connectivity index (χ3v) is 2.57. The van der Waals surface area contributed by atoms with Crippen LogP contribution in [0.4, 0.5) is 0 Å². The monoisotopic (exact) mass is 224 g/mol. The molecule has 0 aromatic carbocycles. The van der Waals surface area contributed by atoms with Crippen molar-refractivity contribution in [2.24, 2.45) is 12.8 Å². The van der Waals surface area contributed by atoms with Crippen LogP contribution in [0.25, 0.3) is 0 Å². The van der Waals surface area contributed by atoms with Crippen LogP contribution in [-0.4, -0.2) is 21.7 Å². The number of aryl methyl sites for hydroxylation is 1. The Labute approximate surface area is 96.0 Å². The minimum atomic E-state index is -0.395. The van der Waals surface area contributed by atoms with E-state index < -0.39 is 6.04 Å². The van der Waals surface area contributed by atoms with E-state index in [0.29, 0.717) is 6.54 Å². The lowest BCUT2D eigenvalue weighted by atomic mass is 10.1. The summed E-state index contributed by atoms with van der Waals surface area (Å²) in [4.78, 5) is 11.6. The molecule has 0 saturated heterocycles. The van der Waals surface area contributed by atoms with Gasteiger partial charge < -0.3 is 11.1 Å². The second kappa shape index (κ2) is 6.27. The van der Waals surface area contributed by atoms with Gasteiger partial charge in [0.2, 0.25) is 5.91 Å².